The highest BCUT2D eigenvalue weighted by molar-refractivity contribution is 6.13. The molecule has 0 aliphatic heterocycles. The molecular formula is C51H36N6. The number of hydrogen-bond donors (Lipinski definition) is 0. The van der Waals surface area contributed by atoms with Gasteiger partial charge in [0.25, 0.3) is 0 Å². The predicted molar refractivity (Wildman–Crippen MR) is 237 cm³/mol. The molecule has 5 heterocycles. The first-order valence-corrected chi connectivity index (χ1v) is 19.0. The standard InChI is InChI=1S/C51H36N6/c1-3-4-14-44(52-2)34-18-22-48-40(29-34)41-30-35(45-15-5-8-26-53-45)19-23-49(41)56(48)38-12-11-13-39(33-38)57-50-24-20-36(46-16-6-9-27-54-46)31-42(50)43-32-37(21-25-51(43)57)47-17-7-10-28-55-47/h3-33H,2H2,1H3/b4-3-,44-14-. The number of pyridine rings is 3. The first-order valence-electron chi connectivity index (χ1n) is 19.0. The van der Waals surface area contributed by atoms with Crippen molar-refractivity contribution < 1.29 is 0 Å². The second kappa shape index (κ2) is 14.2. The Labute approximate surface area is 330 Å². The molecule has 0 N–H and O–H groups in total. The number of fused-ring (bicyclic) bond motifs is 6. The summed E-state index contributed by atoms with van der Waals surface area (Å²) in [7, 11) is 0. The van der Waals surface area contributed by atoms with Gasteiger partial charge in [-0.3, -0.25) is 19.9 Å². The van der Waals surface area contributed by atoms with Gasteiger partial charge in [0.15, 0.2) is 0 Å². The van der Waals surface area contributed by atoms with Crippen LogP contribution in [0.15, 0.2) is 193 Å². The van der Waals surface area contributed by atoms with Crippen molar-refractivity contribution in [3.63, 3.8) is 0 Å². The van der Waals surface area contributed by atoms with Gasteiger partial charge in [0.05, 0.1) is 44.8 Å². The maximum absolute atomic E-state index is 4.67. The third-order valence-corrected chi connectivity index (χ3v) is 10.7. The van der Waals surface area contributed by atoms with Crippen LogP contribution in [0.25, 0.3) is 94.5 Å². The average molecular weight is 733 g/mol. The normalized spacial score (nSPS) is 12.1. The van der Waals surface area contributed by atoms with Gasteiger partial charge in [0.1, 0.15) is 0 Å². The minimum atomic E-state index is 0.822. The number of rotatable bonds is 8. The third-order valence-electron chi connectivity index (χ3n) is 10.7. The summed E-state index contributed by atoms with van der Waals surface area (Å²) in [6.45, 7) is 5.88. The minimum absolute atomic E-state index is 0.822. The largest absolute Gasteiger partial charge is 0.309 e. The van der Waals surface area contributed by atoms with Crippen LogP contribution >= 0.6 is 0 Å². The Morgan fingerprint density at radius 2 is 0.930 bits per heavy atom. The van der Waals surface area contributed by atoms with Gasteiger partial charge >= 0.3 is 0 Å². The monoisotopic (exact) mass is 732 g/mol. The van der Waals surface area contributed by atoms with E-state index in [-0.39, 0.29) is 0 Å². The van der Waals surface area contributed by atoms with Gasteiger partial charge in [0.2, 0.25) is 0 Å². The molecule has 0 unspecified atom stereocenters. The van der Waals surface area contributed by atoms with E-state index >= 15 is 0 Å². The van der Waals surface area contributed by atoms with Crippen LogP contribution in [-0.4, -0.2) is 30.8 Å². The molecule has 0 spiro atoms. The molecule has 0 aliphatic carbocycles. The molecule has 6 heteroatoms. The molecule has 0 bridgehead atoms. The van der Waals surface area contributed by atoms with Crippen LogP contribution in [-0.2, 0) is 0 Å². The van der Waals surface area contributed by atoms with E-state index in [1.807, 2.05) is 80.1 Å². The van der Waals surface area contributed by atoms with E-state index in [4.69, 9.17) is 0 Å². The van der Waals surface area contributed by atoms with Crippen molar-refractivity contribution in [1.29, 1.82) is 0 Å². The lowest BCUT2D eigenvalue weighted by molar-refractivity contribution is 1.13. The van der Waals surface area contributed by atoms with Crippen LogP contribution in [0.4, 0.5) is 0 Å². The molecule has 10 rings (SSSR count). The Kier molecular flexibility index (Phi) is 8.42. The lowest BCUT2D eigenvalue weighted by Gasteiger charge is -2.13. The molecule has 57 heavy (non-hydrogen) atoms. The number of allylic oxidation sites excluding steroid dienone is 3. The Balaban J connectivity index is 1.20. The zero-order valence-corrected chi connectivity index (χ0v) is 31.3. The molecule has 10 aromatic rings. The number of aliphatic imine (C=N–C) groups is 1. The van der Waals surface area contributed by atoms with Gasteiger partial charge in [-0.05, 0) is 123 Å². The fourth-order valence-corrected chi connectivity index (χ4v) is 8.04. The van der Waals surface area contributed by atoms with Crippen molar-refractivity contribution >= 4 is 56.0 Å². The van der Waals surface area contributed by atoms with Gasteiger partial charge in [-0.2, -0.15) is 0 Å². The van der Waals surface area contributed by atoms with E-state index in [1.165, 1.54) is 0 Å². The zero-order chi connectivity index (χ0) is 38.3. The van der Waals surface area contributed by atoms with Crippen molar-refractivity contribution in [2.45, 2.75) is 6.92 Å². The molecule has 0 atom stereocenters. The zero-order valence-electron chi connectivity index (χ0n) is 31.3. The maximum Gasteiger partial charge on any atom is 0.0702 e. The number of benzene rings is 5. The molecule has 0 saturated carbocycles. The number of aromatic nitrogens is 5. The summed E-state index contributed by atoms with van der Waals surface area (Å²) < 4.78 is 4.74. The third kappa shape index (κ3) is 5.92. The lowest BCUT2D eigenvalue weighted by atomic mass is 10.0. The Bertz CT molecular complexity index is 3090. The molecule has 0 fully saturated rings. The first kappa shape index (κ1) is 33.8. The lowest BCUT2D eigenvalue weighted by Crippen LogP contribution is -1.98. The van der Waals surface area contributed by atoms with Crippen molar-refractivity contribution in [1.82, 2.24) is 24.1 Å². The second-order valence-electron chi connectivity index (χ2n) is 14.0. The Morgan fingerprint density at radius 1 is 0.491 bits per heavy atom. The molecule has 5 aromatic carbocycles. The Morgan fingerprint density at radius 3 is 1.33 bits per heavy atom. The fourth-order valence-electron chi connectivity index (χ4n) is 8.04. The van der Waals surface area contributed by atoms with Crippen molar-refractivity contribution in [2.75, 3.05) is 0 Å². The summed E-state index contributed by atoms with van der Waals surface area (Å²) in [5, 5.41) is 4.57. The van der Waals surface area contributed by atoms with E-state index in [2.05, 4.69) is 151 Å². The molecule has 0 aliphatic rings. The molecule has 0 amide bonds. The molecule has 0 saturated heterocycles. The summed E-state index contributed by atoms with van der Waals surface area (Å²) in [5.41, 5.74) is 14.4. The van der Waals surface area contributed by atoms with Crippen LogP contribution in [0.2, 0.25) is 0 Å². The van der Waals surface area contributed by atoms with Crippen molar-refractivity contribution in [3.05, 3.63) is 194 Å². The Hall–Kier alpha value is -7.70. The molecule has 0 radical (unpaired) electrons. The summed E-state index contributed by atoms with van der Waals surface area (Å²) in [6.07, 6.45) is 11.5. The van der Waals surface area contributed by atoms with E-state index in [0.717, 1.165) is 100 Å². The highest BCUT2D eigenvalue weighted by Gasteiger charge is 2.19. The van der Waals surface area contributed by atoms with E-state index in [1.54, 1.807) is 0 Å². The predicted octanol–water partition coefficient (Wildman–Crippen LogP) is 12.7. The number of nitrogens with zero attached hydrogens (tertiary/aromatic N) is 6. The van der Waals surface area contributed by atoms with Crippen LogP contribution < -0.4 is 0 Å². The maximum atomic E-state index is 4.67. The van der Waals surface area contributed by atoms with Crippen molar-refractivity contribution in [3.8, 4) is 45.1 Å². The van der Waals surface area contributed by atoms with Crippen LogP contribution in [0.3, 0.4) is 0 Å². The van der Waals surface area contributed by atoms with Crippen LogP contribution in [0, 0.1) is 0 Å². The van der Waals surface area contributed by atoms with E-state index in [9.17, 15) is 0 Å². The van der Waals surface area contributed by atoms with E-state index < -0.39 is 0 Å². The van der Waals surface area contributed by atoms with Crippen LogP contribution in [0.1, 0.15) is 12.5 Å². The SMILES string of the molecule is C=N/C(=C\C=C/C)c1ccc2c(c1)c1cc(-c3ccccn3)ccc1n2-c1cccc(-n2c3ccc(-c4ccccn4)cc3c3cc(-c4ccccn4)ccc32)c1. The summed E-state index contributed by atoms with van der Waals surface area (Å²) in [5.74, 6) is 0. The molecule has 6 nitrogen and oxygen atoms in total. The highest BCUT2D eigenvalue weighted by atomic mass is 15.0. The molecular weight excluding hydrogens is 697 g/mol. The van der Waals surface area contributed by atoms with Gasteiger partial charge in [0, 0.05) is 73.8 Å². The summed E-state index contributed by atoms with van der Waals surface area (Å²) in [6, 6.07) is 53.5. The minimum Gasteiger partial charge on any atom is -0.309 e. The van der Waals surface area contributed by atoms with E-state index in [0.29, 0.717) is 0 Å². The average Bonchev–Trinajstić information content (AvgIpc) is 3.79. The summed E-state index contributed by atoms with van der Waals surface area (Å²) in [4.78, 5) is 18.4. The van der Waals surface area contributed by atoms with Crippen LogP contribution in [0.5, 0.6) is 0 Å². The number of hydrogen-bond acceptors (Lipinski definition) is 4. The fraction of sp³-hybridized carbons (Fsp3) is 0.0196. The molecule has 270 valence electrons. The van der Waals surface area contributed by atoms with Crippen molar-refractivity contribution in [2.24, 2.45) is 4.99 Å². The van der Waals surface area contributed by atoms with Gasteiger partial charge in [-0.15, -0.1) is 0 Å². The van der Waals surface area contributed by atoms with Gasteiger partial charge < -0.3 is 9.13 Å². The topological polar surface area (TPSA) is 60.9 Å². The smallest absolute Gasteiger partial charge is 0.0702 e. The highest BCUT2D eigenvalue weighted by Crippen LogP contribution is 2.39. The quantitative estimate of drug-likeness (QED) is 0.115. The molecule has 5 aromatic heterocycles. The second-order valence-corrected chi connectivity index (χ2v) is 14.0. The van der Waals surface area contributed by atoms with Gasteiger partial charge in [-0.25, -0.2) is 0 Å². The summed E-state index contributed by atoms with van der Waals surface area (Å²) >= 11 is 0. The first-order chi connectivity index (χ1) is 28.2. The van der Waals surface area contributed by atoms with Gasteiger partial charge in [-0.1, -0.05) is 60.7 Å².